The van der Waals surface area contributed by atoms with Gasteiger partial charge in [-0.25, -0.2) is 0 Å². The highest BCUT2D eigenvalue weighted by Crippen LogP contribution is 2.36. The zero-order valence-electron chi connectivity index (χ0n) is 15.4. The number of nitro benzene ring substituents is 1. The number of para-hydroxylation sites is 1. The first kappa shape index (κ1) is 18.8. The monoisotopic (exact) mass is 377 g/mol. The van der Waals surface area contributed by atoms with Crippen molar-refractivity contribution < 1.29 is 10.0 Å². The van der Waals surface area contributed by atoms with E-state index in [1.165, 1.54) is 18.2 Å². The quantitative estimate of drug-likeness (QED) is 0.334. The lowest BCUT2D eigenvalue weighted by molar-refractivity contribution is -0.384. The van der Waals surface area contributed by atoms with Gasteiger partial charge in [-0.05, 0) is 36.4 Å². The highest BCUT2D eigenvalue weighted by molar-refractivity contribution is 5.76. The van der Waals surface area contributed by atoms with Crippen molar-refractivity contribution in [1.82, 2.24) is 0 Å². The molecule has 8 heteroatoms. The van der Waals surface area contributed by atoms with Crippen LogP contribution in [0.3, 0.4) is 0 Å². The van der Waals surface area contributed by atoms with Crippen LogP contribution >= 0.6 is 0 Å². The molecular formula is C20H19N5O3. The van der Waals surface area contributed by atoms with E-state index in [1.807, 2.05) is 61.5 Å². The van der Waals surface area contributed by atoms with Crippen molar-refractivity contribution >= 4 is 34.1 Å². The molecule has 0 saturated heterocycles. The molecule has 0 bridgehead atoms. The molecule has 0 unspecified atom stereocenters. The van der Waals surface area contributed by atoms with Gasteiger partial charge in [0, 0.05) is 37.6 Å². The summed E-state index contributed by atoms with van der Waals surface area (Å²) in [5, 5.41) is 32.4. The Morgan fingerprint density at radius 2 is 1.68 bits per heavy atom. The van der Waals surface area contributed by atoms with E-state index in [1.54, 1.807) is 6.07 Å². The molecule has 0 fully saturated rings. The third kappa shape index (κ3) is 4.42. The van der Waals surface area contributed by atoms with Gasteiger partial charge in [-0.2, -0.15) is 0 Å². The number of azo groups is 1. The predicted molar refractivity (Wildman–Crippen MR) is 109 cm³/mol. The van der Waals surface area contributed by atoms with E-state index in [0.717, 1.165) is 11.4 Å². The van der Waals surface area contributed by atoms with Gasteiger partial charge in [0.2, 0.25) is 0 Å². The van der Waals surface area contributed by atoms with Gasteiger partial charge in [0.1, 0.15) is 17.1 Å². The molecule has 0 amide bonds. The first-order valence-corrected chi connectivity index (χ1v) is 8.46. The summed E-state index contributed by atoms with van der Waals surface area (Å²) in [6.45, 7) is 0. The molecule has 0 heterocycles. The zero-order valence-corrected chi connectivity index (χ0v) is 15.4. The van der Waals surface area contributed by atoms with Gasteiger partial charge in [0.25, 0.3) is 5.69 Å². The van der Waals surface area contributed by atoms with Gasteiger partial charge in [0.05, 0.1) is 10.6 Å². The average molecular weight is 377 g/mol. The van der Waals surface area contributed by atoms with Gasteiger partial charge < -0.3 is 15.3 Å². The maximum absolute atomic E-state index is 10.9. The number of nitro groups is 1. The number of anilines is 3. The van der Waals surface area contributed by atoms with Crippen molar-refractivity contribution in [3.8, 4) is 5.75 Å². The number of aromatic hydroxyl groups is 1. The number of rotatable bonds is 6. The Hall–Kier alpha value is -3.94. The molecule has 0 aliphatic heterocycles. The van der Waals surface area contributed by atoms with Crippen LogP contribution in [0.4, 0.5) is 34.1 Å². The minimum atomic E-state index is -0.549. The van der Waals surface area contributed by atoms with E-state index < -0.39 is 4.92 Å². The standard InChI is InChI=1S/C20H19N5O3/c1-24(2)15-8-10-17(18(12-15)21-14-6-4-3-5-7-14)22-23-19-13-16(25(27)28)9-11-20(19)26/h3-13,21,26H,1-2H3. The third-order valence-corrected chi connectivity index (χ3v) is 3.98. The van der Waals surface area contributed by atoms with Gasteiger partial charge >= 0.3 is 0 Å². The lowest BCUT2D eigenvalue weighted by Crippen LogP contribution is -2.08. The molecule has 0 saturated carbocycles. The lowest BCUT2D eigenvalue weighted by atomic mass is 10.2. The van der Waals surface area contributed by atoms with Crippen LogP contribution in [0.1, 0.15) is 0 Å². The zero-order chi connectivity index (χ0) is 20.1. The van der Waals surface area contributed by atoms with Crippen LogP contribution < -0.4 is 10.2 Å². The highest BCUT2D eigenvalue weighted by atomic mass is 16.6. The number of phenolic OH excluding ortho intramolecular Hbond substituents is 1. The fourth-order valence-corrected chi connectivity index (χ4v) is 2.48. The summed E-state index contributed by atoms with van der Waals surface area (Å²) in [6.07, 6.45) is 0. The number of benzene rings is 3. The molecule has 8 nitrogen and oxygen atoms in total. The minimum Gasteiger partial charge on any atom is -0.506 e. The number of nitrogens with one attached hydrogen (secondary N) is 1. The molecule has 0 aliphatic carbocycles. The summed E-state index contributed by atoms with van der Waals surface area (Å²) in [5.74, 6) is -0.183. The second-order valence-electron chi connectivity index (χ2n) is 6.22. The molecule has 3 aromatic carbocycles. The maximum Gasteiger partial charge on any atom is 0.271 e. The van der Waals surface area contributed by atoms with E-state index in [2.05, 4.69) is 15.5 Å². The van der Waals surface area contributed by atoms with Gasteiger partial charge in [-0.1, -0.05) is 18.2 Å². The third-order valence-electron chi connectivity index (χ3n) is 3.98. The Labute approximate surface area is 161 Å². The van der Waals surface area contributed by atoms with Crippen LogP contribution in [0.5, 0.6) is 5.75 Å². The molecule has 3 rings (SSSR count). The maximum atomic E-state index is 10.9. The van der Waals surface area contributed by atoms with Crippen molar-refractivity contribution in [1.29, 1.82) is 0 Å². The number of non-ortho nitro benzene ring substituents is 1. The number of hydrogen-bond donors (Lipinski definition) is 2. The summed E-state index contributed by atoms with van der Waals surface area (Å²) in [6, 6.07) is 18.8. The smallest absolute Gasteiger partial charge is 0.271 e. The van der Waals surface area contributed by atoms with E-state index in [0.29, 0.717) is 11.4 Å². The Kier molecular flexibility index (Phi) is 5.50. The molecule has 0 aromatic heterocycles. The van der Waals surface area contributed by atoms with E-state index in [9.17, 15) is 15.2 Å². The molecular weight excluding hydrogens is 358 g/mol. The normalized spacial score (nSPS) is 10.8. The van der Waals surface area contributed by atoms with E-state index >= 15 is 0 Å². The Balaban J connectivity index is 1.98. The summed E-state index contributed by atoms with van der Waals surface area (Å²) in [7, 11) is 3.87. The van der Waals surface area contributed by atoms with Crippen LogP contribution in [0.15, 0.2) is 77.0 Å². The SMILES string of the molecule is CN(C)c1ccc(N=Nc2cc([N+](=O)[O-])ccc2O)c(Nc2ccccc2)c1. The number of phenols is 1. The van der Waals surface area contributed by atoms with Crippen LogP contribution in [0.25, 0.3) is 0 Å². The molecule has 3 aromatic rings. The van der Waals surface area contributed by atoms with Gasteiger partial charge in [0.15, 0.2) is 0 Å². The van der Waals surface area contributed by atoms with Crippen molar-refractivity contribution in [2.75, 3.05) is 24.3 Å². The Morgan fingerprint density at radius 1 is 0.964 bits per heavy atom. The van der Waals surface area contributed by atoms with Crippen LogP contribution in [-0.2, 0) is 0 Å². The first-order valence-electron chi connectivity index (χ1n) is 8.46. The van der Waals surface area contributed by atoms with Gasteiger partial charge in [-0.15, -0.1) is 10.2 Å². The van der Waals surface area contributed by atoms with Crippen molar-refractivity contribution in [2.45, 2.75) is 0 Å². The Bertz CT molecular complexity index is 1020. The van der Waals surface area contributed by atoms with E-state index in [-0.39, 0.29) is 17.1 Å². The Morgan fingerprint density at radius 3 is 2.36 bits per heavy atom. The van der Waals surface area contributed by atoms with Crippen molar-refractivity contribution in [3.05, 3.63) is 76.8 Å². The summed E-state index contributed by atoms with van der Waals surface area (Å²) in [5.41, 5.74) is 2.95. The molecule has 0 aliphatic rings. The molecule has 2 N–H and O–H groups in total. The first-order chi connectivity index (χ1) is 13.4. The summed E-state index contributed by atoms with van der Waals surface area (Å²) >= 11 is 0. The predicted octanol–water partition coefficient (Wildman–Crippen LogP) is 5.53. The minimum absolute atomic E-state index is 0.0246. The summed E-state index contributed by atoms with van der Waals surface area (Å²) < 4.78 is 0. The van der Waals surface area contributed by atoms with Crippen LogP contribution in [0.2, 0.25) is 0 Å². The average Bonchev–Trinajstić information content (AvgIpc) is 2.68. The molecule has 28 heavy (non-hydrogen) atoms. The van der Waals surface area contributed by atoms with Crippen LogP contribution in [0, 0.1) is 10.1 Å². The van der Waals surface area contributed by atoms with Crippen molar-refractivity contribution in [3.63, 3.8) is 0 Å². The van der Waals surface area contributed by atoms with Crippen LogP contribution in [-0.4, -0.2) is 24.1 Å². The number of hydrogen-bond acceptors (Lipinski definition) is 7. The van der Waals surface area contributed by atoms with Crippen molar-refractivity contribution in [2.24, 2.45) is 10.2 Å². The summed E-state index contributed by atoms with van der Waals surface area (Å²) in [4.78, 5) is 12.3. The molecule has 0 atom stereocenters. The molecule has 0 spiro atoms. The molecule has 0 radical (unpaired) electrons. The highest BCUT2D eigenvalue weighted by Gasteiger charge is 2.11. The molecule has 142 valence electrons. The fourth-order valence-electron chi connectivity index (χ4n) is 2.48. The largest absolute Gasteiger partial charge is 0.506 e. The topological polar surface area (TPSA) is 103 Å². The number of nitrogens with zero attached hydrogens (tertiary/aromatic N) is 4. The second-order valence-corrected chi connectivity index (χ2v) is 6.22. The fraction of sp³-hybridized carbons (Fsp3) is 0.100. The van der Waals surface area contributed by atoms with E-state index in [4.69, 9.17) is 0 Å². The second kappa shape index (κ2) is 8.17. The lowest BCUT2D eigenvalue weighted by Gasteiger charge is -2.16. The van der Waals surface area contributed by atoms with Gasteiger partial charge in [-0.3, -0.25) is 10.1 Å².